The summed E-state index contributed by atoms with van der Waals surface area (Å²) in [6.07, 6.45) is 1.89. The lowest BCUT2D eigenvalue weighted by molar-refractivity contribution is -0.212. The first-order valence-electron chi connectivity index (χ1n) is 10.9. The maximum absolute atomic E-state index is 12.4. The van der Waals surface area contributed by atoms with Crippen LogP contribution in [0.4, 0.5) is 11.4 Å². The molecular formula is C23H27N8O4-. The van der Waals surface area contributed by atoms with Crippen LogP contribution < -0.4 is 33.1 Å². The quantitative estimate of drug-likeness (QED) is 0.0792. The first kappa shape index (κ1) is 25.2. The van der Waals surface area contributed by atoms with Crippen LogP contribution in [0.2, 0.25) is 0 Å². The van der Waals surface area contributed by atoms with Crippen molar-refractivity contribution in [1.29, 1.82) is 0 Å². The molecule has 12 heteroatoms. The van der Waals surface area contributed by atoms with Gasteiger partial charge in [-0.05, 0) is 36.9 Å². The number of aromatic nitrogens is 2. The van der Waals surface area contributed by atoms with Crippen molar-refractivity contribution < 1.29 is 9.84 Å². The lowest BCUT2D eigenvalue weighted by Gasteiger charge is -2.13. The Morgan fingerprint density at radius 3 is 2.63 bits per heavy atom. The Hall–Kier alpha value is -4.45. The van der Waals surface area contributed by atoms with Gasteiger partial charge in [0.05, 0.1) is 22.4 Å². The van der Waals surface area contributed by atoms with Crippen molar-refractivity contribution in [2.75, 3.05) is 25.1 Å². The van der Waals surface area contributed by atoms with E-state index in [1.807, 2.05) is 6.92 Å². The number of rotatable bonds is 10. The molecule has 0 bridgehead atoms. The molecule has 0 amide bonds. The molecule has 184 valence electrons. The maximum atomic E-state index is 12.4. The van der Waals surface area contributed by atoms with Gasteiger partial charge in [-0.25, -0.2) is 4.99 Å². The average molecular weight is 480 g/mol. The summed E-state index contributed by atoms with van der Waals surface area (Å²) in [6, 6.07) is 9.66. The van der Waals surface area contributed by atoms with Crippen LogP contribution in [-0.4, -0.2) is 47.4 Å². The standard InChI is InChI=1S/C23H28N8O4/c1-3-35-10-4-9-26-17-12-19-18(29-22(33)23(34)31(19)2)11-16(17)27-13-28-21(32)15-7-5-14(6-8-15)20(24)30-25/h5-8,11-13,26H,3-4,9-10,25H2,1-2H3,(H2,24,30)(H,29,33)(H,27,28,32)/p-1. The number of nitrogens with zero attached hydrogens (tertiary/aromatic N) is 4. The van der Waals surface area contributed by atoms with Crippen LogP contribution in [0.5, 0.6) is 0 Å². The lowest BCUT2D eigenvalue weighted by Crippen LogP contribution is -2.34. The summed E-state index contributed by atoms with van der Waals surface area (Å²) in [6.45, 7) is 3.73. The molecule has 0 spiro atoms. The number of aromatic amines is 1. The molecule has 0 aliphatic rings. The van der Waals surface area contributed by atoms with E-state index in [9.17, 15) is 14.7 Å². The molecule has 35 heavy (non-hydrogen) atoms. The topological polar surface area (TPSA) is 188 Å². The first-order chi connectivity index (χ1) is 16.8. The normalized spacial score (nSPS) is 12.5. The van der Waals surface area contributed by atoms with Gasteiger partial charge in [0.1, 0.15) is 12.2 Å². The van der Waals surface area contributed by atoms with Gasteiger partial charge in [-0.3, -0.25) is 14.6 Å². The van der Waals surface area contributed by atoms with E-state index >= 15 is 0 Å². The van der Waals surface area contributed by atoms with Crippen molar-refractivity contribution in [1.82, 2.24) is 9.55 Å². The smallest absolute Gasteiger partial charge is 0.316 e. The number of hydrogen-bond donors (Lipinski definition) is 4. The van der Waals surface area contributed by atoms with E-state index in [-0.39, 0.29) is 5.84 Å². The van der Waals surface area contributed by atoms with Gasteiger partial charge >= 0.3 is 11.1 Å². The molecule has 0 aliphatic heterocycles. The molecule has 0 fully saturated rings. The number of H-pyrrole nitrogens is 1. The average Bonchev–Trinajstić information content (AvgIpc) is 2.87. The number of aliphatic imine (C=N–C) groups is 2. The number of hydrazone groups is 1. The Morgan fingerprint density at radius 2 is 1.94 bits per heavy atom. The predicted molar refractivity (Wildman–Crippen MR) is 135 cm³/mol. The van der Waals surface area contributed by atoms with Crippen LogP contribution in [0, 0.1) is 0 Å². The van der Waals surface area contributed by atoms with Gasteiger partial charge in [-0.1, -0.05) is 24.3 Å². The van der Waals surface area contributed by atoms with E-state index in [0.717, 1.165) is 12.8 Å². The molecule has 0 radical (unpaired) electrons. The van der Waals surface area contributed by atoms with Gasteiger partial charge in [-0.2, -0.15) is 5.10 Å². The number of nitrogens with two attached hydrogens (primary N) is 2. The SMILES string of the molecule is CCOCCCNc1cc2c(cc1N=CN=C([O-])c1ccc(/C(N)=N/N)cc1)[nH]c(=O)c(=O)n2C. The van der Waals surface area contributed by atoms with Gasteiger partial charge in [0, 0.05) is 32.4 Å². The number of nitrogens with one attached hydrogen (secondary N) is 2. The zero-order valence-corrected chi connectivity index (χ0v) is 19.4. The number of amidine groups is 1. The van der Waals surface area contributed by atoms with E-state index < -0.39 is 17.0 Å². The molecule has 12 nitrogen and oxygen atoms in total. The summed E-state index contributed by atoms with van der Waals surface area (Å²) in [5, 5.41) is 19.1. The molecule has 0 atom stereocenters. The number of hydrogen-bond acceptors (Lipinski definition) is 8. The van der Waals surface area contributed by atoms with Crippen molar-refractivity contribution in [3.05, 3.63) is 68.2 Å². The predicted octanol–water partition coefficient (Wildman–Crippen LogP) is 0.111. The number of aryl methyl sites for hydroxylation is 1. The molecule has 6 N–H and O–H groups in total. The number of fused-ring (bicyclic) bond motifs is 1. The van der Waals surface area contributed by atoms with Crippen LogP contribution in [0.25, 0.3) is 11.0 Å². The Morgan fingerprint density at radius 1 is 1.23 bits per heavy atom. The van der Waals surface area contributed by atoms with Gasteiger partial charge in [0.15, 0.2) is 0 Å². The molecule has 0 aliphatic carbocycles. The zero-order chi connectivity index (χ0) is 25.4. The van der Waals surface area contributed by atoms with Crippen LogP contribution in [0.1, 0.15) is 24.5 Å². The molecule has 0 saturated carbocycles. The summed E-state index contributed by atoms with van der Waals surface area (Å²) in [5.74, 6) is 4.80. The highest BCUT2D eigenvalue weighted by molar-refractivity contribution is 6.00. The third-order valence-electron chi connectivity index (χ3n) is 5.15. The second kappa shape index (κ2) is 11.6. The molecule has 1 heterocycles. The van der Waals surface area contributed by atoms with Crippen LogP contribution in [0.3, 0.4) is 0 Å². The Kier molecular flexibility index (Phi) is 8.35. The maximum Gasteiger partial charge on any atom is 0.316 e. The fourth-order valence-electron chi connectivity index (χ4n) is 3.26. The third kappa shape index (κ3) is 6.12. The molecule has 3 rings (SSSR count). The molecule has 3 aromatic rings. The zero-order valence-electron chi connectivity index (χ0n) is 19.4. The minimum Gasteiger partial charge on any atom is -0.858 e. The number of anilines is 1. The van der Waals surface area contributed by atoms with E-state index in [1.54, 1.807) is 36.4 Å². The summed E-state index contributed by atoms with van der Waals surface area (Å²) in [5.41, 5.74) is 7.14. The molecule has 1 aromatic heterocycles. The number of benzene rings is 2. The van der Waals surface area contributed by atoms with Gasteiger partial charge in [0.25, 0.3) is 0 Å². The van der Waals surface area contributed by atoms with E-state index in [2.05, 4.69) is 25.4 Å². The summed E-state index contributed by atoms with van der Waals surface area (Å²) >= 11 is 0. The largest absolute Gasteiger partial charge is 0.858 e. The highest BCUT2D eigenvalue weighted by Gasteiger charge is 2.09. The molecular weight excluding hydrogens is 452 g/mol. The van der Waals surface area contributed by atoms with Crippen molar-refractivity contribution in [2.45, 2.75) is 13.3 Å². The van der Waals surface area contributed by atoms with E-state index in [0.29, 0.717) is 53.3 Å². The first-order valence-corrected chi connectivity index (χ1v) is 10.9. The highest BCUT2D eigenvalue weighted by atomic mass is 16.5. The minimum atomic E-state index is -0.740. The third-order valence-corrected chi connectivity index (χ3v) is 5.15. The second-order valence-corrected chi connectivity index (χ2v) is 7.45. The minimum absolute atomic E-state index is 0.149. The van der Waals surface area contributed by atoms with Crippen molar-refractivity contribution >= 4 is 40.5 Å². The Balaban J connectivity index is 1.91. The van der Waals surface area contributed by atoms with Gasteiger partial charge in [-0.15, -0.1) is 0 Å². The summed E-state index contributed by atoms with van der Waals surface area (Å²) < 4.78 is 6.62. The Bertz CT molecular complexity index is 1390. The molecule has 0 unspecified atom stereocenters. The number of ether oxygens (including phenoxy) is 1. The van der Waals surface area contributed by atoms with Gasteiger partial charge < -0.3 is 36.3 Å². The van der Waals surface area contributed by atoms with Crippen molar-refractivity contribution in [3.63, 3.8) is 0 Å². The van der Waals surface area contributed by atoms with Crippen molar-refractivity contribution in [2.24, 2.45) is 33.7 Å². The lowest BCUT2D eigenvalue weighted by atomic mass is 10.1. The Labute approximate surface area is 200 Å². The highest BCUT2D eigenvalue weighted by Crippen LogP contribution is 2.29. The second-order valence-electron chi connectivity index (χ2n) is 7.45. The van der Waals surface area contributed by atoms with Crippen LogP contribution in [0.15, 0.2) is 61.1 Å². The summed E-state index contributed by atoms with van der Waals surface area (Å²) in [7, 11) is 1.52. The fraction of sp³-hybridized carbons (Fsp3) is 0.261. The van der Waals surface area contributed by atoms with E-state index in [1.165, 1.54) is 11.6 Å². The monoisotopic (exact) mass is 479 g/mol. The molecule has 0 saturated heterocycles. The van der Waals surface area contributed by atoms with Gasteiger partial charge in [0.2, 0.25) is 0 Å². The summed E-state index contributed by atoms with van der Waals surface area (Å²) in [4.78, 5) is 34.7. The van der Waals surface area contributed by atoms with Crippen LogP contribution in [-0.2, 0) is 11.8 Å². The fourth-order valence-corrected chi connectivity index (χ4v) is 3.26. The van der Waals surface area contributed by atoms with E-state index in [4.69, 9.17) is 16.3 Å². The van der Waals surface area contributed by atoms with Crippen LogP contribution >= 0.6 is 0 Å². The molecule has 2 aromatic carbocycles. The van der Waals surface area contributed by atoms with Crippen molar-refractivity contribution in [3.8, 4) is 0 Å².